The minimum Gasteiger partial charge on any atom is -0.467 e. The lowest BCUT2D eigenvalue weighted by Crippen LogP contribution is -2.42. The van der Waals surface area contributed by atoms with Crippen molar-refractivity contribution >= 4 is 5.91 Å². The third-order valence-electron chi connectivity index (χ3n) is 5.11. The molecule has 4 rings (SSSR count). The van der Waals surface area contributed by atoms with E-state index in [2.05, 4.69) is 15.3 Å². The van der Waals surface area contributed by atoms with Gasteiger partial charge in [-0.1, -0.05) is 0 Å². The zero-order valence-corrected chi connectivity index (χ0v) is 14.4. The van der Waals surface area contributed by atoms with Gasteiger partial charge < -0.3 is 14.5 Å². The Bertz CT molecular complexity index is 712. The molecule has 0 aromatic carbocycles. The number of nitrogens with one attached hydrogen (secondary N) is 1. The van der Waals surface area contributed by atoms with Crippen molar-refractivity contribution in [1.82, 2.24) is 20.0 Å². The van der Waals surface area contributed by atoms with Gasteiger partial charge in [-0.2, -0.15) is 5.10 Å². The van der Waals surface area contributed by atoms with Crippen molar-refractivity contribution < 1.29 is 13.9 Å². The molecule has 2 aliphatic rings. The van der Waals surface area contributed by atoms with Crippen LogP contribution >= 0.6 is 0 Å². The van der Waals surface area contributed by atoms with Crippen LogP contribution in [0.15, 0.2) is 35.2 Å². The van der Waals surface area contributed by atoms with E-state index in [1.165, 1.54) is 5.56 Å². The van der Waals surface area contributed by atoms with Crippen molar-refractivity contribution in [3.63, 3.8) is 0 Å². The Labute approximate surface area is 146 Å². The number of hydrogen-bond acceptors (Lipinski definition) is 5. The monoisotopic (exact) mass is 344 g/mol. The number of likely N-dealkylation sites (tertiary alicyclic amines) is 1. The van der Waals surface area contributed by atoms with Gasteiger partial charge in [-0.25, -0.2) is 0 Å². The number of furan rings is 1. The average Bonchev–Trinajstić information content (AvgIpc) is 3.33. The fourth-order valence-corrected chi connectivity index (χ4v) is 3.82. The van der Waals surface area contributed by atoms with E-state index in [9.17, 15) is 4.79 Å². The smallest absolute Gasteiger partial charge is 0.249 e. The van der Waals surface area contributed by atoms with Gasteiger partial charge in [-0.15, -0.1) is 0 Å². The van der Waals surface area contributed by atoms with E-state index < -0.39 is 0 Å². The lowest BCUT2D eigenvalue weighted by Gasteiger charge is -2.33. The van der Waals surface area contributed by atoms with Crippen LogP contribution in [0.5, 0.6) is 0 Å². The highest BCUT2D eigenvalue weighted by Crippen LogP contribution is 2.33. The molecule has 2 fully saturated rings. The van der Waals surface area contributed by atoms with Gasteiger partial charge in [0.25, 0.3) is 0 Å². The summed E-state index contributed by atoms with van der Waals surface area (Å²) in [5.41, 5.74) is 1.21. The van der Waals surface area contributed by atoms with Crippen molar-refractivity contribution in [2.75, 3.05) is 13.1 Å². The standard InChI is InChI=1S/C18H24N4O3/c1-21-10-13(8-20-21)11-22-5-4-14-7-16(25-17(14)12-22)18(23)19-9-15-3-2-6-24-15/h2-3,6,8,10,14,16-17H,4-5,7,9,11-12H2,1H3,(H,19,23)/t14-,16+,17+/m1/s1. The predicted octanol–water partition coefficient (Wildman–Crippen LogP) is 1.31. The van der Waals surface area contributed by atoms with E-state index in [4.69, 9.17) is 9.15 Å². The number of aryl methyl sites for hydroxylation is 1. The summed E-state index contributed by atoms with van der Waals surface area (Å²) in [7, 11) is 1.93. The maximum absolute atomic E-state index is 12.4. The molecule has 0 saturated carbocycles. The number of amides is 1. The van der Waals surface area contributed by atoms with Gasteiger partial charge in [0, 0.05) is 31.9 Å². The van der Waals surface area contributed by atoms with Crippen LogP contribution in [0, 0.1) is 5.92 Å². The van der Waals surface area contributed by atoms with E-state index in [1.807, 2.05) is 36.3 Å². The van der Waals surface area contributed by atoms with E-state index >= 15 is 0 Å². The highest BCUT2D eigenvalue weighted by atomic mass is 16.5. The topological polar surface area (TPSA) is 72.5 Å². The Morgan fingerprint density at radius 3 is 3.16 bits per heavy atom. The van der Waals surface area contributed by atoms with Crippen molar-refractivity contribution in [3.05, 3.63) is 42.1 Å². The van der Waals surface area contributed by atoms with Crippen LogP contribution in [-0.2, 0) is 29.7 Å². The lowest BCUT2D eigenvalue weighted by atomic mass is 9.91. The van der Waals surface area contributed by atoms with Gasteiger partial charge in [-0.05, 0) is 37.4 Å². The van der Waals surface area contributed by atoms with Crippen LogP contribution in [0.4, 0.5) is 0 Å². The molecule has 0 bridgehead atoms. The normalized spacial score (nSPS) is 26.5. The molecule has 0 spiro atoms. The molecular weight excluding hydrogens is 320 g/mol. The quantitative estimate of drug-likeness (QED) is 0.885. The summed E-state index contributed by atoms with van der Waals surface area (Å²) >= 11 is 0. The highest BCUT2D eigenvalue weighted by Gasteiger charge is 2.41. The minimum atomic E-state index is -0.344. The first kappa shape index (κ1) is 16.4. The van der Waals surface area contributed by atoms with Crippen molar-refractivity contribution in [1.29, 1.82) is 0 Å². The summed E-state index contributed by atoms with van der Waals surface area (Å²) in [6.07, 6.45) is 7.26. The first-order chi connectivity index (χ1) is 12.2. The fraction of sp³-hybridized carbons (Fsp3) is 0.556. The van der Waals surface area contributed by atoms with Crippen LogP contribution in [0.25, 0.3) is 0 Å². The molecule has 0 aliphatic carbocycles. The number of nitrogens with zero attached hydrogens (tertiary/aromatic N) is 3. The molecule has 25 heavy (non-hydrogen) atoms. The second kappa shape index (κ2) is 7.01. The molecule has 4 heterocycles. The number of carbonyl (C=O) groups excluding carboxylic acids is 1. The van der Waals surface area contributed by atoms with Crippen molar-refractivity contribution in [2.45, 2.75) is 38.1 Å². The predicted molar refractivity (Wildman–Crippen MR) is 90.4 cm³/mol. The second-order valence-electron chi connectivity index (χ2n) is 7.00. The van der Waals surface area contributed by atoms with Crippen LogP contribution in [0.1, 0.15) is 24.2 Å². The third-order valence-corrected chi connectivity index (χ3v) is 5.11. The van der Waals surface area contributed by atoms with Crippen molar-refractivity contribution in [3.8, 4) is 0 Å². The van der Waals surface area contributed by atoms with E-state index in [-0.39, 0.29) is 18.1 Å². The molecule has 134 valence electrons. The Kier molecular flexibility index (Phi) is 4.59. The largest absolute Gasteiger partial charge is 0.467 e. The van der Waals surface area contributed by atoms with Crippen LogP contribution in [-0.4, -0.2) is 45.9 Å². The SMILES string of the molecule is Cn1cc(CN2CC[C@@H]3C[C@@H](C(=O)NCc4ccco4)O[C@H]3C2)cn1. The molecule has 0 unspecified atom stereocenters. The number of carbonyl (C=O) groups is 1. The zero-order chi connectivity index (χ0) is 17.2. The average molecular weight is 344 g/mol. The molecule has 2 aromatic heterocycles. The summed E-state index contributed by atoms with van der Waals surface area (Å²) in [6.45, 7) is 3.21. The molecule has 7 nitrogen and oxygen atoms in total. The van der Waals surface area contributed by atoms with Gasteiger partial charge in [0.05, 0.1) is 25.1 Å². The molecule has 0 radical (unpaired) electrons. The second-order valence-corrected chi connectivity index (χ2v) is 7.00. The summed E-state index contributed by atoms with van der Waals surface area (Å²) in [5.74, 6) is 1.19. The summed E-state index contributed by atoms with van der Waals surface area (Å²) in [6, 6.07) is 3.67. The molecule has 2 aliphatic heterocycles. The maximum atomic E-state index is 12.4. The van der Waals surface area contributed by atoms with Crippen LogP contribution < -0.4 is 5.32 Å². The van der Waals surface area contributed by atoms with Crippen molar-refractivity contribution in [2.24, 2.45) is 13.0 Å². The summed E-state index contributed by atoms with van der Waals surface area (Å²) in [4.78, 5) is 14.7. The van der Waals surface area contributed by atoms with E-state index in [0.717, 1.165) is 38.2 Å². The number of fused-ring (bicyclic) bond motifs is 1. The van der Waals surface area contributed by atoms with Gasteiger partial charge in [0.15, 0.2) is 0 Å². The Hall–Kier alpha value is -2.12. The molecule has 1 N–H and O–H groups in total. The highest BCUT2D eigenvalue weighted by molar-refractivity contribution is 5.81. The molecule has 3 atom stereocenters. The van der Waals surface area contributed by atoms with E-state index in [1.54, 1.807) is 6.26 Å². The zero-order valence-electron chi connectivity index (χ0n) is 14.4. The van der Waals surface area contributed by atoms with Crippen LogP contribution in [0.3, 0.4) is 0 Å². The Morgan fingerprint density at radius 1 is 1.48 bits per heavy atom. The molecule has 7 heteroatoms. The number of piperidine rings is 1. The maximum Gasteiger partial charge on any atom is 0.249 e. The van der Waals surface area contributed by atoms with Gasteiger partial charge in [-0.3, -0.25) is 14.4 Å². The summed E-state index contributed by atoms with van der Waals surface area (Å²) < 4.78 is 13.1. The molecular formula is C18H24N4O3. The lowest BCUT2D eigenvalue weighted by molar-refractivity contribution is -0.133. The minimum absolute atomic E-state index is 0.0374. The number of ether oxygens (including phenoxy) is 1. The van der Waals surface area contributed by atoms with E-state index in [0.29, 0.717) is 12.5 Å². The first-order valence-corrected chi connectivity index (χ1v) is 8.83. The van der Waals surface area contributed by atoms with Gasteiger partial charge in [0.2, 0.25) is 5.91 Å². The molecule has 1 amide bonds. The Morgan fingerprint density at radius 2 is 2.40 bits per heavy atom. The van der Waals surface area contributed by atoms with Gasteiger partial charge in [0.1, 0.15) is 11.9 Å². The Balaban J connectivity index is 1.28. The van der Waals surface area contributed by atoms with Crippen LogP contribution in [0.2, 0.25) is 0 Å². The number of hydrogen-bond donors (Lipinski definition) is 1. The first-order valence-electron chi connectivity index (χ1n) is 8.83. The fourth-order valence-electron chi connectivity index (χ4n) is 3.82. The van der Waals surface area contributed by atoms with Gasteiger partial charge >= 0.3 is 0 Å². The number of aromatic nitrogens is 2. The molecule has 2 saturated heterocycles. The molecule has 2 aromatic rings. The number of rotatable bonds is 5. The summed E-state index contributed by atoms with van der Waals surface area (Å²) in [5, 5.41) is 7.13. The third kappa shape index (κ3) is 3.77.